The molecular formula is C4H8O5. The van der Waals surface area contributed by atoms with Crippen LogP contribution in [0.3, 0.4) is 0 Å². The molecule has 0 bridgehead atoms. The molecule has 0 heterocycles. The first-order chi connectivity index (χ1) is 4.06. The lowest BCUT2D eigenvalue weighted by molar-refractivity contribution is -0.465. The highest BCUT2D eigenvalue weighted by molar-refractivity contribution is 5.84. The highest BCUT2D eigenvalue weighted by Crippen LogP contribution is 1.81. The molecule has 3 N–H and O–H groups in total. The van der Waals surface area contributed by atoms with E-state index in [0.29, 0.717) is 0 Å². The molecule has 0 radical (unpaired) electrons. The van der Waals surface area contributed by atoms with Gasteiger partial charge in [0.2, 0.25) is 0 Å². The predicted molar refractivity (Wildman–Crippen MR) is 28.8 cm³/mol. The van der Waals surface area contributed by atoms with Gasteiger partial charge in [0.25, 0.3) is 0 Å². The van der Waals surface area contributed by atoms with Gasteiger partial charge in [-0.2, -0.15) is 0 Å². The van der Waals surface area contributed by atoms with Crippen LogP contribution in [0.1, 0.15) is 6.92 Å². The van der Waals surface area contributed by atoms with Crippen LogP contribution in [0.5, 0.6) is 0 Å². The molecule has 0 aliphatic heterocycles. The summed E-state index contributed by atoms with van der Waals surface area (Å²) in [6, 6.07) is 0. The third kappa shape index (κ3) is 19.2. The van der Waals surface area contributed by atoms with Gasteiger partial charge in [-0.3, -0.25) is 0 Å². The first-order valence-corrected chi connectivity index (χ1v) is 1.90. The van der Waals surface area contributed by atoms with Crippen LogP contribution in [-0.4, -0.2) is 21.6 Å². The van der Waals surface area contributed by atoms with Gasteiger partial charge in [0.15, 0.2) is 0 Å². The van der Waals surface area contributed by atoms with Crippen molar-refractivity contribution in [2.24, 2.45) is 0 Å². The van der Waals surface area contributed by atoms with Crippen LogP contribution in [0.2, 0.25) is 0 Å². The quantitative estimate of drug-likeness (QED) is 0.279. The molecule has 0 atom stereocenters. The number of carboxylic acid groups (broad SMARTS) is 1. The second-order valence-electron chi connectivity index (χ2n) is 1.17. The minimum Gasteiger partial charge on any atom is -0.478 e. The van der Waals surface area contributed by atoms with E-state index in [9.17, 15) is 4.79 Å². The Kier molecular flexibility index (Phi) is 8.64. The Morgan fingerprint density at radius 1 is 1.56 bits per heavy atom. The summed E-state index contributed by atoms with van der Waals surface area (Å²) < 4.78 is 0. The third-order valence-corrected chi connectivity index (χ3v) is 0.365. The molecule has 0 amide bonds. The van der Waals surface area contributed by atoms with Gasteiger partial charge in [0.05, 0.1) is 0 Å². The van der Waals surface area contributed by atoms with Gasteiger partial charge in [-0.25, -0.2) is 15.3 Å². The molecule has 0 aliphatic carbocycles. The van der Waals surface area contributed by atoms with Crippen molar-refractivity contribution in [1.82, 2.24) is 0 Å². The van der Waals surface area contributed by atoms with E-state index >= 15 is 0 Å². The zero-order valence-corrected chi connectivity index (χ0v) is 4.87. The SMILES string of the molecule is C=C(C)C(=O)O.OOO. The molecule has 0 saturated heterocycles. The van der Waals surface area contributed by atoms with E-state index in [2.05, 4.69) is 11.6 Å². The van der Waals surface area contributed by atoms with Crippen molar-refractivity contribution >= 4 is 5.97 Å². The van der Waals surface area contributed by atoms with Crippen molar-refractivity contribution in [3.63, 3.8) is 0 Å². The fourth-order valence-electron chi connectivity index (χ4n) is 0. The van der Waals surface area contributed by atoms with Crippen LogP contribution in [0.25, 0.3) is 0 Å². The Morgan fingerprint density at radius 2 is 1.67 bits per heavy atom. The van der Waals surface area contributed by atoms with E-state index in [-0.39, 0.29) is 5.57 Å². The second kappa shape index (κ2) is 7.09. The number of carboxylic acids is 1. The largest absolute Gasteiger partial charge is 0.478 e. The minimum atomic E-state index is -0.935. The maximum absolute atomic E-state index is 9.60. The second-order valence-corrected chi connectivity index (χ2v) is 1.17. The van der Waals surface area contributed by atoms with E-state index in [1.165, 1.54) is 6.92 Å². The third-order valence-electron chi connectivity index (χ3n) is 0.365. The zero-order chi connectivity index (χ0) is 7.86. The first-order valence-electron chi connectivity index (χ1n) is 1.90. The van der Waals surface area contributed by atoms with Gasteiger partial charge < -0.3 is 5.11 Å². The van der Waals surface area contributed by atoms with Crippen molar-refractivity contribution in [1.29, 1.82) is 0 Å². The van der Waals surface area contributed by atoms with Crippen LogP contribution in [0.4, 0.5) is 0 Å². The lowest BCUT2D eigenvalue weighted by atomic mass is 10.4. The number of aliphatic carboxylic acids is 1. The molecule has 5 nitrogen and oxygen atoms in total. The monoisotopic (exact) mass is 136 g/mol. The van der Waals surface area contributed by atoms with E-state index in [1.807, 2.05) is 0 Å². The Hall–Kier alpha value is -0.910. The van der Waals surface area contributed by atoms with Crippen LogP contribution < -0.4 is 0 Å². The Bertz CT molecular complexity index is 85.1. The summed E-state index contributed by atoms with van der Waals surface area (Å²) in [6.45, 7) is 4.60. The average molecular weight is 136 g/mol. The van der Waals surface area contributed by atoms with E-state index in [0.717, 1.165) is 0 Å². The first kappa shape index (κ1) is 11.0. The normalized spacial score (nSPS) is 7.00. The van der Waals surface area contributed by atoms with Crippen LogP contribution in [-0.2, 0) is 9.83 Å². The van der Waals surface area contributed by atoms with E-state index < -0.39 is 5.97 Å². The van der Waals surface area contributed by atoms with Gasteiger partial charge in [0, 0.05) is 5.57 Å². The van der Waals surface area contributed by atoms with Crippen molar-refractivity contribution < 1.29 is 25.5 Å². The summed E-state index contributed by atoms with van der Waals surface area (Å²) in [5, 5.41) is 23.4. The highest BCUT2D eigenvalue weighted by Gasteiger charge is 1.90. The Balaban J connectivity index is 0. The summed E-state index contributed by atoms with van der Waals surface area (Å²) in [6.07, 6.45) is 0. The highest BCUT2D eigenvalue weighted by atomic mass is 17.4. The lowest BCUT2D eigenvalue weighted by Crippen LogP contribution is -1.92. The van der Waals surface area contributed by atoms with Gasteiger partial charge in [-0.1, -0.05) is 11.6 Å². The zero-order valence-electron chi connectivity index (χ0n) is 4.87. The molecule has 0 spiro atoms. The summed E-state index contributed by atoms with van der Waals surface area (Å²) in [5.41, 5.74) is 0.176. The summed E-state index contributed by atoms with van der Waals surface area (Å²) in [5.74, 6) is -0.935. The van der Waals surface area contributed by atoms with Crippen molar-refractivity contribution in [2.45, 2.75) is 6.92 Å². The summed E-state index contributed by atoms with van der Waals surface area (Å²) >= 11 is 0. The molecule has 0 aliphatic rings. The van der Waals surface area contributed by atoms with Crippen LogP contribution >= 0.6 is 0 Å². The van der Waals surface area contributed by atoms with Gasteiger partial charge in [-0.15, -0.1) is 0 Å². The molecule has 0 unspecified atom stereocenters. The van der Waals surface area contributed by atoms with Gasteiger partial charge >= 0.3 is 5.97 Å². The van der Waals surface area contributed by atoms with Crippen molar-refractivity contribution in [3.8, 4) is 0 Å². The molecular weight excluding hydrogens is 128 g/mol. The number of carbonyl (C=O) groups is 1. The molecule has 54 valence electrons. The molecule has 0 aromatic rings. The molecule has 0 aromatic carbocycles. The Labute approximate surface area is 51.7 Å². The Morgan fingerprint density at radius 3 is 1.67 bits per heavy atom. The average Bonchev–Trinajstić information content (AvgIpc) is 1.68. The minimum absolute atomic E-state index is 0.176. The van der Waals surface area contributed by atoms with Crippen LogP contribution in [0, 0.1) is 0 Å². The standard InChI is InChI=1S/C4H6O2.H2O3/c1-3(2)4(5)6;1-3-2/h1H2,2H3,(H,5,6);1-2H. The number of rotatable bonds is 1. The summed E-state index contributed by atoms with van der Waals surface area (Å²) in [4.78, 5) is 9.60. The maximum atomic E-state index is 9.60. The van der Waals surface area contributed by atoms with E-state index in [1.54, 1.807) is 0 Å². The smallest absolute Gasteiger partial charge is 0.330 e. The van der Waals surface area contributed by atoms with Crippen molar-refractivity contribution in [2.75, 3.05) is 0 Å². The predicted octanol–water partition coefficient (Wildman–Crippen LogP) is 0.596. The molecule has 0 fully saturated rings. The lowest BCUT2D eigenvalue weighted by Gasteiger charge is -1.79. The molecule has 5 heteroatoms. The van der Waals surface area contributed by atoms with Gasteiger partial charge in [0.1, 0.15) is 0 Å². The molecule has 0 aromatic heterocycles. The molecule has 0 rings (SSSR count). The maximum Gasteiger partial charge on any atom is 0.330 e. The number of hydrogen-bond donors (Lipinski definition) is 3. The van der Waals surface area contributed by atoms with Gasteiger partial charge in [-0.05, 0) is 6.92 Å². The molecule has 9 heavy (non-hydrogen) atoms. The van der Waals surface area contributed by atoms with Crippen molar-refractivity contribution in [3.05, 3.63) is 12.2 Å². The molecule has 0 saturated carbocycles. The van der Waals surface area contributed by atoms with E-state index in [4.69, 9.17) is 15.6 Å². The fraction of sp³-hybridized carbons (Fsp3) is 0.250. The topological polar surface area (TPSA) is 87.0 Å². The summed E-state index contributed by atoms with van der Waals surface area (Å²) in [7, 11) is 0. The van der Waals surface area contributed by atoms with Crippen LogP contribution in [0.15, 0.2) is 12.2 Å². The fourth-order valence-corrected chi connectivity index (χ4v) is 0. The number of hydrogen-bond acceptors (Lipinski definition) is 4.